The Bertz CT molecular complexity index is 884. The van der Waals surface area contributed by atoms with Gasteiger partial charge in [-0.15, -0.1) is 0 Å². The molecule has 0 saturated heterocycles. The maximum absolute atomic E-state index is 12.3. The Morgan fingerprint density at radius 1 is 1.23 bits per heavy atom. The zero-order valence-corrected chi connectivity index (χ0v) is 15.0. The number of rotatable bonds is 6. The van der Waals surface area contributed by atoms with Crippen LogP contribution in [-0.2, 0) is 16.0 Å². The zero-order chi connectivity index (χ0) is 19.4. The average Bonchev–Trinajstić information content (AvgIpc) is 2.59. The summed E-state index contributed by atoms with van der Waals surface area (Å²) < 4.78 is 4.78. The highest BCUT2D eigenvalue weighted by Crippen LogP contribution is 2.33. The predicted octanol–water partition coefficient (Wildman–Crippen LogP) is 4.10. The van der Waals surface area contributed by atoms with Crippen molar-refractivity contribution >= 4 is 40.8 Å². The van der Waals surface area contributed by atoms with Gasteiger partial charge in [0, 0.05) is 21.7 Å². The lowest BCUT2D eigenvalue weighted by Crippen LogP contribution is -2.18. The van der Waals surface area contributed by atoms with E-state index in [1.54, 1.807) is 0 Å². The highest BCUT2D eigenvalue weighted by molar-refractivity contribution is 6.32. The zero-order valence-electron chi connectivity index (χ0n) is 13.4. The summed E-state index contributed by atoms with van der Waals surface area (Å²) in [5, 5.41) is 20.8. The van der Waals surface area contributed by atoms with Gasteiger partial charge in [-0.3, -0.25) is 14.9 Å². The third-order valence-electron chi connectivity index (χ3n) is 3.77. The van der Waals surface area contributed by atoms with Crippen LogP contribution in [0.25, 0.3) is 0 Å². The van der Waals surface area contributed by atoms with Gasteiger partial charge in [-0.05, 0) is 42.3 Å². The minimum atomic E-state index is -1.19. The Morgan fingerprint density at radius 2 is 1.92 bits per heavy atom. The molecule has 2 rings (SSSR count). The van der Waals surface area contributed by atoms with E-state index in [0.717, 1.165) is 7.11 Å². The number of ether oxygens (including phenoxy) is 1. The first kappa shape index (κ1) is 19.7. The summed E-state index contributed by atoms with van der Waals surface area (Å²) in [7, 11) is 1.16. The molecule has 0 saturated carbocycles. The maximum Gasteiger partial charge on any atom is 0.335 e. The number of carboxylic acid groups (broad SMARTS) is 1. The fourth-order valence-electron chi connectivity index (χ4n) is 2.52. The van der Waals surface area contributed by atoms with Crippen LogP contribution in [0.2, 0.25) is 10.0 Å². The summed E-state index contributed by atoms with van der Waals surface area (Å²) in [6.07, 6.45) is -0.133. The highest BCUT2D eigenvalue weighted by atomic mass is 35.5. The molecule has 2 aromatic rings. The van der Waals surface area contributed by atoms with Crippen LogP contribution in [0.4, 0.5) is 5.69 Å². The van der Waals surface area contributed by atoms with Gasteiger partial charge in [-0.2, -0.15) is 0 Å². The van der Waals surface area contributed by atoms with E-state index in [1.807, 2.05) is 0 Å². The number of halogens is 2. The largest absolute Gasteiger partial charge is 0.478 e. The van der Waals surface area contributed by atoms with E-state index >= 15 is 0 Å². The molecule has 0 heterocycles. The van der Waals surface area contributed by atoms with Crippen LogP contribution in [0.1, 0.15) is 27.4 Å². The van der Waals surface area contributed by atoms with Crippen molar-refractivity contribution in [2.45, 2.75) is 12.3 Å². The summed E-state index contributed by atoms with van der Waals surface area (Å²) in [4.78, 5) is 34.1. The number of nitro groups is 1. The molecule has 0 radical (unpaired) electrons. The molecule has 0 unspecified atom stereocenters. The van der Waals surface area contributed by atoms with Gasteiger partial charge in [0.15, 0.2) is 0 Å². The molecule has 2 aromatic carbocycles. The van der Waals surface area contributed by atoms with Crippen LogP contribution in [0.3, 0.4) is 0 Å². The number of aromatic carboxylic acids is 1. The van der Waals surface area contributed by atoms with Crippen molar-refractivity contribution in [2.24, 2.45) is 0 Å². The molecule has 0 aliphatic heterocycles. The molecular formula is C17H13Cl2NO6. The van der Waals surface area contributed by atoms with Gasteiger partial charge >= 0.3 is 11.9 Å². The Kier molecular flexibility index (Phi) is 6.18. The Hall–Kier alpha value is -2.64. The molecule has 0 amide bonds. The van der Waals surface area contributed by atoms with Crippen LogP contribution < -0.4 is 0 Å². The van der Waals surface area contributed by atoms with Crippen molar-refractivity contribution in [3.8, 4) is 0 Å². The topological polar surface area (TPSA) is 107 Å². The van der Waals surface area contributed by atoms with Crippen molar-refractivity contribution in [2.75, 3.05) is 7.11 Å². The number of nitrogens with zero attached hydrogens (tertiary/aromatic N) is 1. The van der Waals surface area contributed by atoms with Gasteiger partial charge in [0.1, 0.15) is 0 Å². The normalized spacial score (nSPS) is 11.7. The number of nitro benzene ring substituents is 1. The van der Waals surface area contributed by atoms with Gasteiger partial charge < -0.3 is 9.84 Å². The van der Waals surface area contributed by atoms with Crippen molar-refractivity contribution in [1.29, 1.82) is 0 Å². The van der Waals surface area contributed by atoms with E-state index in [4.69, 9.17) is 33.0 Å². The van der Waals surface area contributed by atoms with Crippen LogP contribution >= 0.6 is 23.2 Å². The lowest BCUT2D eigenvalue weighted by molar-refractivity contribution is -0.385. The predicted molar refractivity (Wildman–Crippen MR) is 95.0 cm³/mol. The lowest BCUT2D eigenvalue weighted by atomic mass is 9.90. The number of carboxylic acids is 1. The molecule has 26 heavy (non-hydrogen) atoms. The summed E-state index contributed by atoms with van der Waals surface area (Å²) >= 11 is 12.1. The molecule has 1 atom stereocenters. The number of esters is 1. The molecule has 0 spiro atoms. The minimum absolute atomic E-state index is 0.0705. The monoisotopic (exact) mass is 397 g/mol. The molecule has 0 bridgehead atoms. The second-order valence-corrected chi connectivity index (χ2v) is 6.20. The fourth-order valence-corrected chi connectivity index (χ4v) is 2.97. The average molecular weight is 398 g/mol. The van der Waals surface area contributed by atoms with E-state index in [0.29, 0.717) is 0 Å². The summed E-state index contributed by atoms with van der Waals surface area (Å²) in [5.74, 6) is -2.94. The third kappa shape index (κ3) is 4.30. The van der Waals surface area contributed by atoms with Crippen LogP contribution in [0.15, 0.2) is 36.4 Å². The number of carbonyl (C=O) groups excluding carboxylic acids is 1. The van der Waals surface area contributed by atoms with Gasteiger partial charge in [-0.25, -0.2) is 4.79 Å². The SMILES string of the molecule is COC(=O)[C@H](Cc1cc(Cl)ccc1[N+](=O)[O-])c1cc(C(=O)O)ccc1Cl. The van der Waals surface area contributed by atoms with E-state index in [2.05, 4.69) is 0 Å². The van der Waals surface area contributed by atoms with Crippen LogP contribution in [0, 0.1) is 10.1 Å². The number of carbonyl (C=O) groups is 2. The first-order chi connectivity index (χ1) is 12.2. The van der Waals surface area contributed by atoms with Crippen LogP contribution in [0.5, 0.6) is 0 Å². The quantitative estimate of drug-likeness (QED) is 0.446. The molecule has 1 N–H and O–H groups in total. The third-order valence-corrected chi connectivity index (χ3v) is 4.35. The second kappa shape index (κ2) is 8.16. The van der Waals surface area contributed by atoms with Crippen molar-refractivity contribution in [3.05, 3.63) is 73.2 Å². The minimum Gasteiger partial charge on any atom is -0.478 e. The van der Waals surface area contributed by atoms with E-state index in [-0.39, 0.29) is 38.8 Å². The van der Waals surface area contributed by atoms with Gasteiger partial charge in [0.05, 0.1) is 23.5 Å². The second-order valence-electron chi connectivity index (χ2n) is 5.35. The molecule has 136 valence electrons. The van der Waals surface area contributed by atoms with Crippen molar-refractivity contribution in [3.63, 3.8) is 0 Å². The smallest absolute Gasteiger partial charge is 0.335 e. The number of hydrogen-bond donors (Lipinski definition) is 1. The molecule has 0 aliphatic carbocycles. The van der Waals surface area contributed by atoms with Crippen molar-refractivity contribution in [1.82, 2.24) is 0 Å². The summed E-state index contributed by atoms with van der Waals surface area (Å²) in [6, 6.07) is 7.88. The van der Waals surface area contributed by atoms with E-state index in [9.17, 15) is 19.7 Å². The Balaban J connectivity index is 2.56. The molecule has 0 aliphatic rings. The highest BCUT2D eigenvalue weighted by Gasteiger charge is 2.28. The molecule has 7 nitrogen and oxygen atoms in total. The molecule has 0 aromatic heterocycles. The molecular weight excluding hydrogens is 385 g/mol. The van der Waals surface area contributed by atoms with Gasteiger partial charge in [0.25, 0.3) is 5.69 Å². The molecule has 9 heteroatoms. The van der Waals surface area contributed by atoms with Crippen molar-refractivity contribution < 1.29 is 24.4 Å². The van der Waals surface area contributed by atoms with Gasteiger partial charge in [-0.1, -0.05) is 23.2 Å². The summed E-state index contributed by atoms with van der Waals surface area (Å²) in [5.41, 5.74) is 0.120. The first-order valence-electron chi connectivity index (χ1n) is 7.28. The van der Waals surface area contributed by atoms with Gasteiger partial charge in [0.2, 0.25) is 0 Å². The van der Waals surface area contributed by atoms with Crippen LogP contribution in [-0.4, -0.2) is 29.1 Å². The molecule has 0 fully saturated rings. The Morgan fingerprint density at radius 3 is 2.50 bits per heavy atom. The first-order valence-corrected chi connectivity index (χ1v) is 8.03. The lowest BCUT2D eigenvalue weighted by Gasteiger charge is -2.17. The number of hydrogen-bond acceptors (Lipinski definition) is 5. The summed E-state index contributed by atoms with van der Waals surface area (Å²) in [6.45, 7) is 0. The maximum atomic E-state index is 12.3. The standard InChI is InChI=1S/C17H13Cl2NO6/c1-26-17(23)13(12-7-9(16(21)22)2-4-14(12)19)8-10-6-11(18)3-5-15(10)20(24)25/h2-7,13H,8H2,1H3,(H,21,22)/t13-/m1/s1. The Labute approximate surface area is 158 Å². The van der Waals surface area contributed by atoms with E-state index in [1.165, 1.54) is 36.4 Å². The fraction of sp³-hybridized carbons (Fsp3) is 0.176. The number of methoxy groups -OCH3 is 1. The van der Waals surface area contributed by atoms with E-state index < -0.39 is 22.8 Å². The number of benzene rings is 2.